The van der Waals surface area contributed by atoms with E-state index in [2.05, 4.69) is 35.3 Å². The number of ether oxygens (including phenoxy) is 2. The number of hydrogen-bond donors (Lipinski definition) is 1. The Balaban J connectivity index is 1.50. The number of hydrazine groups is 1. The molecule has 6 rings (SSSR count). The third-order valence-electron chi connectivity index (χ3n) is 7.09. The smallest absolute Gasteiger partial charge is 0.268 e. The third kappa shape index (κ3) is 3.29. The monoisotopic (exact) mass is 442 g/mol. The zero-order valence-corrected chi connectivity index (χ0v) is 18.3. The van der Waals surface area contributed by atoms with Gasteiger partial charge in [-0.3, -0.25) is 9.80 Å². The number of rotatable bonds is 4. The number of fused-ring (bicyclic) bond motifs is 4. The van der Waals surface area contributed by atoms with Crippen LogP contribution in [0, 0.1) is 0 Å². The van der Waals surface area contributed by atoms with E-state index in [1.165, 1.54) is 11.1 Å². The molecule has 3 aromatic carbocycles. The number of aliphatic hydroxyl groups excluding tert-OH is 1. The van der Waals surface area contributed by atoms with E-state index in [1.54, 1.807) is 0 Å². The Kier molecular flexibility index (Phi) is 5.04. The Morgan fingerprint density at radius 3 is 2.61 bits per heavy atom. The molecule has 168 valence electrons. The molecule has 0 aromatic heterocycles. The molecule has 1 unspecified atom stereocenters. The summed E-state index contributed by atoms with van der Waals surface area (Å²) in [5.74, 6) is 1.44. The van der Waals surface area contributed by atoms with Gasteiger partial charge in [0.05, 0.1) is 12.1 Å². The maximum atomic E-state index is 13.8. The highest BCUT2D eigenvalue weighted by Crippen LogP contribution is 2.52. The lowest BCUT2D eigenvalue weighted by Gasteiger charge is -2.38. The molecule has 3 atom stereocenters. The molecule has 1 amide bonds. The van der Waals surface area contributed by atoms with Gasteiger partial charge < -0.3 is 14.6 Å². The predicted molar refractivity (Wildman–Crippen MR) is 123 cm³/mol. The summed E-state index contributed by atoms with van der Waals surface area (Å²) in [6.45, 7) is 0.982. The summed E-state index contributed by atoms with van der Waals surface area (Å²) in [5.41, 5.74) is 4.32. The van der Waals surface area contributed by atoms with Crippen molar-refractivity contribution in [2.24, 2.45) is 0 Å². The van der Waals surface area contributed by atoms with E-state index >= 15 is 0 Å². The number of amides is 1. The molecular weight excluding hydrogens is 416 g/mol. The van der Waals surface area contributed by atoms with Gasteiger partial charge in [-0.25, -0.2) is 5.01 Å². The standard InChI is InChI=1S/C27H26N2O4/c30-15-13-22-25(20-10-11-23-24(16-20)33-17-32-23)26-21-9-5-4-6-18(21)12-14-28(26)29(22)27(31)19-7-2-1-3-8-19/h1-11,16,22,25-26,30H,12-15,17H2/t22-,25?,26+/m0/s1. The van der Waals surface area contributed by atoms with Crippen LogP contribution in [0.3, 0.4) is 0 Å². The minimum Gasteiger partial charge on any atom is -0.454 e. The van der Waals surface area contributed by atoms with Crippen LogP contribution in [0.4, 0.5) is 0 Å². The Bertz CT molecular complexity index is 1180. The summed E-state index contributed by atoms with van der Waals surface area (Å²) >= 11 is 0. The summed E-state index contributed by atoms with van der Waals surface area (Å²) < 4.78 is 11.2. The molecular formula is C27H26N2O4. The summed E-state index contributed by atoms with van der Waals surface area (Å²) in [7, 11) is 0. The summed E-state index contributed by atoms with van der Waals surface area (Å²) in [5, 5.41) is 14.2. The minimum absolute atomic E-state index is 0.000432. The SMILES string of the molecule is O=C(c1ccccc1)N1[C@@H](CCO)C(c2ccc3c(c2)OCO3)[C@H]2c3ccccc3CCN21. The first-order valence-electron chi connectivity index (χ1n) is 11.5. The van der Waals surface area contributed by atoms with Crippen molar-refractivity contribution in [3.63, 3.8) is 0 Å². The highest BCUT2D eigenvalue weighted by atomic mass is 16.7. The van der Waals surface area contributed by atoms with Crippen LogP contribution in [-0.2, 0) is 6.42 Å². The van der Waals surface area contributed by atoms with Crippen LogP contribution in [0.15, 0.2) is 72.8 Å². The third-order valence-corrected chi connectivity index (χ3v) is 7.09. The number of carbonyl (C=O) groups is 1. The van der Waals surface area contributed by atoms with Crippen LogP contribution >= 0.6 is 0 Å². The van der Waals surface area contributed by atoms with E-state index in [0.29, 0.717) is 12.0 Å². The van der Waals surface area contributed by atoms with E-state index in [1.807, 2.05) is 47.5 Å². The first-order valence-corrected chi connectivity index (χ1v) is 11.5. The summed E-state index contributed by atoms with van der Waals surface area (Å²) in [6, 6.07) is 23.8. The molecule has 1 fully saturated rings. The summed E-state index contributed by atoms with van der Waals surface area (Å²) in [4.78, 5) is 13.8. The number of hydrogen-bond acceptors (Lipinski definition) is 5. The molecule has 0 aliphatic carbocycles. The van der Waals surface area contributed by atoms with Crippen molar-refractivity contribution < 1.29 is 19.4 Å². The zero-order chi connectivity index (χ0) is 22.4. The van der Waals surface area contributed by atoms with Gasteiger partial charge in [-0.2, -0.15) is 0 Å². The molecule has 1 N–H and O–H groups in total. The van der Waals surface area contributed by atoms with E-state index < -0.39 is 0 Å². The lowest BCUT2D eigenvalue weighted by molar-refractivity contribution is -0.0182. The summed E-state index contributed by atoms with van der Waals surface area (Å²) in [6.07, 6.45) is 1.37. The van der Waals surface area contributed by atoms with Crippen LogP contribution in [0.2, 0.25) is 0 Å². The van der Waals surface area contributed by atoms with Crippen LogP contribution in [0.5, 0.6) is 11.5 Å². The lowest BCUT2D eigenvalue weighted by Crippen LogP contribution is -2.48. The van der Waals surface area contributed by atoms with E-state index in [-0.39, 0.29) is 37.3 Å². The van der Waals surface area contributed by atoms with Crippen LogP contribution in [0.25, 0.3) is 0 Å². The second-order valence-corrected chi connectivity index (χ2v) is 8.79. The zero-order valence-electron chi connectivity index (χ0n) is 18.3. The Hall–Kier alpha value is -3.35. The molecule has 3 heterocycles. The fraction of sp³-hybridized carbons (Fsp3) is 0.296. The van der Waals surface area contributed by atoms with E-state index in [4.69, 9.17) is 9.47 Å². The molecule has 0 radical (unpaired) electrons. The molecule has 33 heavy (non-hydrogen) atoms. The maximum absolute atomic E-state index is 13.8. The van der Waals surface area contributed by atoms with Gasteiger partial charge in [-0.15, -0.1) is 0 Å². The normalized spacial score (nSPS) is 23.3. The molecule has 3 aliphatic rings. The number of benzene rings is 3. The van der Waals surface area contributed by atoms with Crippen molar-refractivity contribution in [3.05, 3.63) is 95.1 Å². The first-order chi connectivity index (χ1) is 16.3. The van der Waals surface area contributed by atoms with Gasteiger partial charge in [0.25, 0.3) is 5.91 Å². The maximum Gasteiger partial charge on any atom is 0.268 e. The average molecular weight is 443 g/mol. The Morgan fingerprint density at radius 1 is 0.970 bits per heavy atom. The van der Waals surface area contributed by atoms with E-state index in [9.17, 15) is 9.90 Å². The van der Waals surface area contributed by atoms with Crippen LogP contribution in [0.1, 0.15) is 45.4 Å². The van der Waals surface area contributed by atoms with Gasteiger partial charge in [0.2, 0.25) is 6.79 Å². The van der Waals surface area contributed by atoms with Crippen LogP contribution < -0.4 is 9.47 Å². The molecule has 1 saturated heterocycles. The number of carbonyl (C=O) groups excluding carboxylic acids is 1. The quantitative estimate of drug-likeness (QED) is 0.664. The second-order valence-electron chi connectivity index (χ2n) is 8.79. The largest absolute Gasteiger partial charge is 0.454 e. The van der Waals surface area contributed by atoms with Crippen molar-refractivity contribution in [1.29, 1.82) is 0 Å². The number of aliphatic hydroxyl groups is 1. The van der Waals surface area contributed by atoms with Gasteiger partial charge >= 0.3 is 0 Å². The Morgan fingerprint density at radius 2 is 1.76 bits per heavy atom. The Labute approximate surface area is 192 Å². The van der Waals surface area contributed by atoms with Crippen molar-refractivity contribution in [2.75, 3.05) is 19.9 Å². The molecule has 0 saturated carbocycles. The molecule has 6 nitrogen and oxygen atoms in total. The minimum atomic E-state index is -0.181. The van der Waals surface area contributed by atoms with Gasteiger partial charge in [0.1, 0.15) is 0 Å². The molecule has 0 bridgehead atoms. The van der Waals surface area contributed by atoms with Gasteiger partial charge in [0, 0.05) is 24.6 Å². The van der Waals surface area contributed by atoms with Gasteiger partial charge in [-0.1, -0.05) is 48.5 Å². The fourth-order valence-corrected chi connectivity index (χ4v) is 5.70. The molecule has 3 aliphatic heterocycles. The number of nitrogens with zero attached hydrogens (tertiary/aromatic N) is 2. The molecule has 6 heteroatoms. The highest BCUT2D eigenvalue weighted by Gasteiger charge is 2.52. The average Bonchev–Trinajstić information content (AvgIpc) is 3.46. The van der Waals surface area contributed by atoms with Crippen molar-refractivity contribution in [3.8, 4) is 11.5 Å². The van der Waals surface area contributed by atoms with Crippen LogP contribution in [-0.4, -0.2) is 47.0 Å². The second kappa shape index (κ2) is 8.21. The van der Waals surface area contributed by atoms with Crippen molar-refractivity contribution in [2.45, 2.75) is 30.8 Å². The topological polar surface area (TPSA) is 62.2 Å². The fourth-order valence-electron chi connectivity index (χ4n) is 5.70. The van der Waals surface area contributed by atoms with Crippen molar-refractivity contribution >= 4 is 5.91 Å². The molecule has 3 aromatic rings. The lowest BCUT2D eigenvalue weighted by atomic mass is 9.79. The van der Waals surface area contributed by atoms with Gasteiger partial charge in [-0.05, 0) is 53.8 Å². The predicted octanol–water partition coefficient (Wildman–Crippen LogP) is 3.92. The first kappa shape index (κ1) is 20.3. The highest BCUT2D eigenvalue weighted by molar-refractivity contribution is 5.94. The van der Waals surface area contributed by atoms with Gasteiger partial charge in [0.15, 0.2) is 11.5 Å². The van der Waals surface area contributed by atoms with E-state index in [0.717, 1.165) is 30.0 Å². The van der Waals surface area contributed by atoms with Crippen molar-refractivity contribution in [1.82, 2.24) is 10.0 Å². The molecule has 0 spiro atoms.